The Labute approximate surface area is 179 Å². The van der Waals surface area contributed by atoms with Crippen molar-refractivity contribution in [3.8, 4) is 0 Å². The summed E-state index contributed by atoms with van der Waals surface area (Å²) in [5.74, 6) is -2.31. The van der Waals surface area contributed by atoms with Gasteiger partial charge in [-0.2, -0.15) is 0 Å². The molecule has 1 aromatic carbocycles. The molecule has 30 heavy (non-hydrogen) atoms. The van der Waals surface area contributed by atoms with Gasteiger partial charge in [0.25, 0.3) is 0 Å². The summed E-state index contributed by atoms with van der Waals surface area (Å²) in [6, 6.07) is 9.94. The molecule has 0 N–H and O–H groups in total. The Morgan fingerprint density at radius 1 is 1.00 bits per heavy atom. The van der Waals surface area contributed by atoms with Gasteiger partial charge in [-0.05, 0) is 58.6 Å². The van der Waals surface area contributed by atoms with Gasteiger partial charge in [0.2, 0.25) is 0 Å². The number of esters is 2. The van der Waals surface area contributed by atoms with Gasteiger partial charge in [0.05, 0.1) is 25.4 Å². The number of carbonyl (C=O) groups excluding carboxylic acids is 2. The van der Waals surface area contributed by atoms with Gasteiger partial charge in [0.15, 0.2) is 5.92 Å². The minimum Gasteiger partial charge on any atom is -0.468 e. The van der Waals surface area contributed by atoms with E-state index in [9.17, 15) is 9.59 Å². The third-order valence-electron chi connectivity index (χ3n) is 5.63. The largest absolute Gasteiger partial charge is 0.499 e. The number of methoxy groups -OCH3 is 2. The van der Waals surface area contributed by atoms with E-state index in [1.807, 2.05) is 65.0 Å². The number of benzene rings is 1. The van der Waals surface area contributed by atoms with E-state index in [4.69, 9.17) is 18.8 Å². The fourth-order valence-electron chi connectivity index (χ4n) is 3.17. The average Bonchev–Trinajstić information content (AvgIpc) is 2.92. The van der Waals surface area contributed by atoms with Crippen LogP contribution in [0.4, 0.5) is 0 Å². The standard InChI is InChI=1S/C23H31BO6/c1-16(14-19(20(25)27-6)21(26)28-7)13-18(15-17-11-9-8-10-12-17)24-29-22(2,3)23(4,5)30-24/h8-12,19H,14-15H2,1-7H3. The van der Waals surface area contributed by atoms with Crippen LogP contribution in [0.3, 0.4) is 0 Å². The lowest BCUT2D eigenvalue weighted by molar-refractivity contribution is -0.158. The third-order valence-corrected chi connectivity index (χ3v) is 5.63. The van der Waals surface area contributed by atoms with Crippen molar-refractivity contribution >= 4 is 19.1 Å². The Morgan fingerprint density at radius 2 is 1.50 bits per heavy atom. The Bertz CT molecular complexity index is 805. The Morgan fingerprint density at radius 3 is 1.97 bits per heavy atom. The molecular formula is C23H31BO6. The highest BCUT2D eigenvalue weighted by molar-refractivity contribution is 6.54. The molecule has 162 valence electrons. The molecule has 1 aromatic rings. The predicted molar refractivity (Wildman–Crippen MR) is 115 cm³/mol. The van der Waals surface area contributed by atoms with Crippen LogP contribution in [0.2, 0.25) is 0 Å². The maximum absolute atomic E-state index is 12.0. The van der Waals surface area contributed by atoms with Crippen molar-refractivity contribution in [1.29, 1.82) is 0 Å². The molecule has 1 aliphatic heterocycles. The summed E-state index contributed by atoms with van der Waals surface area (Å²) in [6.45, 7) is 9.79. The van der Waals surface area contributed by atoms with Gasteiger partial charge < -0.3 is 18.8 Å². The van der Waals surface area contributed by atoms with Crippen LogP contribution < -0.4 is 0 Å². The van der Waals surface area contributed by atoms with E-state index in [1.165, 1.54) is 14.2 Å². The summed E-state index contributed by atoms with van der Waals surface area (Å²) < 4.78 is 22.0. The topological polar surface area (TPSA) is 71.1 Å². The molecule has 7 heteroatoms. The second kappa shape index (κ2) is 9.65. The molecule has 6 nitrogen and oxygen atoms in total. The summed E-state index contributed by atoms with van der Waals surface area (Å²) in [4.78, 5) is 24.1. The second-order valence-corrected chi connectivity index (χ2v) is 8.48. The van der Waals surface area contributed by atoms with E-state index >= 15 is 0 Å². The molecule has 0 saturated carbocycles. The maximum atomic E-state index is 12.0. The van der Waals surface area contributed by atoms with Gasteiger partial charge in [0, 0.05) is 5.47 Å². The van der Waals surface area contributed by atoms with Crippen LogP contribution in [0.15, 0.2) is 47.1 Å². The van der Waals surface area contributed by atoms with Crippen molar-refractivity contribution in [2.45, 2.75) is 58.7 Å². The van der Waals surface area contributed by atoms with Gasteiger partial charge >= 0.3 is 19.1 Å². The van der Waals surface area contributed by atoms with Crippen LogP contribution in [-0.2, 0) is 34.8 Å². The minimum atomic E-state index is -1.04. The van der Waals surface area contributed by atoms with Crippen LogP contribution in [0.5, 0.6) is 0 Å². The molecule has 1 heterocycles. The van der Waals surface area contributed by atoms with Crippen molar-refractivity contribution in [1.82, 2.24) is 0 Å². The van der Waals surface area contributed by atoms with Gasteiger partial charge in [0.1, 0.15) is 0 Å². The number of hydrogen-bond acceptors (Lipinski definition) is 6. The Kier molecular flexibility index (Phi) is 7.70. The fourth-order valence-corrected chi connectivity index (χ4v) is 3.17. The fraction of sp³-hybridized carbons (Fsp3) is 0.522. The molecule has 0 aliphatic carbocycles. The monoisotopic (exact) mass is 414 g/mol. The predicted octanol–water partition coefficient (Wildman–Crippen LogP) is 3.68. The highest BCUT2D eigenvalue weighted by atomic mass is 16.7. The van der Waals surface area contributed by atoms with E-state index in [1.54, 1.807) is 0 Å². The zero-order chi connectivity index (χ0) is 22.5. The van der Waals surface area contributed by atoms with E-state index in [0.29, 0.717) is 12.0 Å². The van der Waals surface area contributed by atoms with Gasteiger partial charge in [-0.25, -0.2) is 0 Å². The summed E-state index contributed by atoms with van der Waals surface area (Å²) in [5.41, 5.74) is 4.94. The first-order chi connectivity index (χ1) is 14.0. The second-order valence-electron chi connectivity index (χ2n) is 8.48. The van der Waals surface area contributed by atoms with Crippen LogP contribution in [0.25, 0.3) is 0 Å². The number of ether oxygens (including phenoxy) is 2. The highest BCUT2D eigenvalue weighted by Gasteiger charge is 2.52. The van der Waals surface area contributed by atoms with Crippen molar-refractivity contribution in [2.75, 3.05) is 14.2 Å². The molecule has 1 fully saturated rings. The molecule has 0 aromatic heterocycles. The number of carbonyl (C=O) groups is 2. The van der Waals surface area contributed by atoms with Crippen molar-refractivity contribution < 1.29 is 28.4 Å². The average molecular weight is 414 g/mol. The molecule has 0 atom stereocenters. The normalized spacial score (nSPS) is 16.7. The molecule has 1 saturated heterocycles. The lowest BCUT2D eigenvalue weighted by atomic mass is 9.74. The summed E-state index contributed by atoms with van der Waals surface area (Å²) >= 11 is 0. The van der Waals surface area contributed by atoms with Gasteiger partial charge in [-0.1, -0.05) is 30.3 Å². The molecule has 0 unspecified atom stereocenters. The smallest absolute Gasteiger partial charge is 0.468 e. The SMILES string of the molecule is COC(=O)C(CC(C)=C=C(Cc1ccccc1)B1OC(C)(C)C(C)(C)O1)C(=O)OC. The van der Waals surface area contributed by atoms with Gasteiger partial charge in [-0.15, -0.1) is 5.73 Å². The van der Waals surface area contributed by atoms with Crippen LogP contribution in [-0.4, -0.2) is 44.5 Å². The summed E-state index contributed by atoms with van der Waals surface area (Å²) in [5, 5.41) is 0. The van der Waals surface area contributed by atoms with E-state index in [-0.39, 0.29) is 6.42 Å². The first-order valence-electron chi connectivity index (χ1n) is 10.0. The molecule has 2 rings (SSSR count). The molecule has 0 radical (unpaired) electrons. The van der Waals surface area contributed by atoms with Crippen LogP contribution in [0, 0.1) is 5.92 Å². The lowest BCUT2D eigenvalue weighted by Gasteiger charge is -2.32. The maximum Gasteiger partial charge on any atom is 0.499 e. The van der Waals surface area contributed by atoms with Crippen molar-refractivity contribution in [2.24, 2.45) is 5.92 Å². The molecule has 0 spiro atoms. The summed E-state index contributed by atoms with van der Waals surface area (Å²) in [6.07, 6.45) is 0.702. The molecular weight excluding hydrogens is 383 g/mol. The first kappa shape index (κ1) is 23.9. The number of rotatable bonds is 7. The molecule has 0 amide bonds. The third kappa shape index (κ3) is 5.63. The van der Waals surface area contributed by atoms with E-state index in [0.717, 1.165) is 11.0 Å². The van der Waals surface area contributed by atoms with Crippen LogP contribution in [0.1, 0.15) is 46.6 Å². The number of hydrogen-bond donors (Lipinski definition) is 0. The zero-order valence-corrected chi connectivity index (χ0v) is 18.9. The van der Waals surface area contributed by atoms with E-state index < -0.39 is 36.2 Å². The lowest BCUT2D eigenvalue weighted by Crippen LogP contribution is -2.41. The quantitative estimate of drug-likeness (QED) is 0.293. The minimum absolute atomic E-state index is 0.136. The molecule has 1 aliphatic rings. The number of allylic oxidation sites excluding steroid dienone is 1. The Balaban J connectivity index is 2.42. The zero-order valence-electron chi connectivity index (χ0n) is 18.9. The highest BCUT2D eigenvalue weighted by Crippen LogP contribution is 2.39. The van der Waals surface area contributed by atoms with Crippen LogP contribution >= 0.6 is 0 Å². The van der Waals surface area contributed by atoms with Gasteiger partial charge in [-0.3, -0.25) is 9.59 Å². The van der Waals surface area contributed by atoms with Crippen molar-refractivity contribution in [3.05, 3.63) is 52.7 Å². The van der Waals surface area contributed by atoms with E-state index in [2.05, 4.69) is 5.73 Å². The molecule has 0 bridgehead atoms. The summed E-state index contributed by atoms with van der Waals surface area (Å²) in [7, 11) is 1.91. The Hall–Kier alpha value is -2.34. The van der Waals surface area contributed by atoms with Crippen molar-refractivity contribution in [3.63, 3.8) is 0 Å². The first-order valence-corrected chi connectivity index (χ1v) is 10.0.